The minimum absolute atomic E-state index is 0.421. The van der Waals surface area contributed by atoms with Crippen LogP contribution >= 0.6 is 0 Å². The molecule has 4 heteroatoms. The second kappa shape index (κ2) is 4.61. The monoisotopic (exact) mass is 222 g/mol. The lowest BCUT2D eigenvalue weighted by molar-refractivity contribution is -0.143. The summed E-state index contributed by atoms with van der Waals surface area (Å²) in [5.41, 5.74) is 7.20. The molecule has 0 aromatic carbocycles. The Morgan fingerprint density at radius 2 is 2.19 bits per heavy atom. The van der Waals surface area contributed by atoms with Crippen LogP contribution in [0.25, 0.3) is 0 Å². The molecule has 1 aromatic heterocycles. The molecule has 1 aromatic rings. The number of carbonyl (C=O) groups excluding carboxylic acids is 1. The Morgan fingerprint density at radius 1 is 1.56 bits per heavy atom. The molecule has 0 bridgehead atoms. The Labute approximate surface area is 95.8 Å². The van der Waals surface area contributed by atoms with Crippen molar-refractivity contribution in [2.75, 3.05) is 7.11 Å². The molecule has 1 rings (SSSR count). The van der Waals surface area contributed by atoms with Crippen LogP contribution in [0.5, 0.6) is 0 Å². The van der Waals surface area contributed by atoms with Crippen LogP contribution in [0.2, 0.25) is 0 Å². The van der Waals surface area contributed by atoms with E-state index < -0.39 is 17.4 Å². The van der Waals surface area contributed by atoms with Gasteiger partial charge in [0, 0.05) is 11.6 Å². The van der Waals surface area contributed by atoms with Gasteiger partial charge in [0.25, 0.3) is 0 Å². The number of aryl methyl sites for hydroxylation is 1. The van der Waals surface area contributed by atoms with Crippen LogP contribution in [0.4, 0.5) is 0 Å². The predicted molar refractivity (Wildman–Crippen MR) is 62.0 cm³/mol. The van der Waals surface area contributed by atoms with E-state index in [1.165, 1.54) is 7.11 Å². The molecule has 0 amide bonds. The largest absolute Gasteiger partial charge is 0.468 e. The third kappa shape index (κ3) is 2.22. The van der Waals surface area contributed by atoms with Crippen LogP contribution in [-0.4, -0.2) is 24.1 Å². The first-order valence-electron chi connectivity index (χ1n) is 5.16. The number of pyridine rings is 1. The van der Waals surface area contributed by atoms with Gasteiger partial charge in [-0.25, -0.2) is 0 Å². The standard InChI is InChI=1S/C12H18N2O2/c1-8-6-5-7-14-10(8)12(2,3)9(13)11(15)16-4/h5-7,9H,13H2,1-4H3. The molecule has 0 radical (unpaired) electrons. The molecule has 0 aliphatic heterocycles. The van der Waals surface area contributed by atoms with E-state index in [9.17, 15) is 4.79 Å². The first kappa shape index (κ1) is 12.6. The Morgan fingerprint density at radius 3 is 2.69 bits per heavy atom. The number of hydrogen-bond donors (Lipinski definition) is 1. The van der Waals surface area contributed by atoms with Crippen molar-refractivity contribution in [3.05, 3.63) is 29.6 Å². The van der Waals surface area contributed by atoms with Gasteiger partial charge >= 0.3 is 5.97 Å². The van der Waals surface area contributed by atoms with Crippen LogP contribution in [0.3, 0.4) is 0 Å². The van der Waals surface area contributed by atoms with Crippen molar-refractivity contribution in [1.82, 2.24) is 4.98 Å². The number of aromatic nitrogens is 1. The number of methoxy groups -OCH3 is 1. The highest BCUT2D eigenvalue weighted by molar-refractivity contribution is 5.77. The Bertz CT molecular complexity index is 388. The molecule has 4 nitrogen and oxygen atoms in total. The normalized spacial score (nSPS) is 13.3. The average Bonchev–Trinajstić information content (AvgIpc) is 2.27. The maximum Gasteiger partial charge on any atom is 0.323 e. The first-order chi connectivity index (χ1) is 7.41. The molecule has 1 atom stereocenters. The highest BCUT2D eigenvalue weighted by atomic mass is 16.5. The van der Waals surface area contributed by atoms with Crippen molar-refractivity contribution in [2.24, 2.45) is 5.73 Å². The fraction of sp³-hybridized carbons (Fsp3) is 0.500. The first-order valence-corrected chi connectivity index (χ1v) is 5.16. The van der Waals surface area contributed by atoms with Crippen molar-refractivity contribution in [3.8, 4) is 0 Å². The van der Waals surface area contributed by atoms with E-state index in [4.69, 9.17) is 5.73 Å². The van der Waals surface area contributed by atoms with Crippen molar-refractivity contribution in [1.29, 1.82) is 0 Å². The molecular weight excluding hydrogens is 204 g/mol. The summed E-state index contributed by atoms with van der Waals surface area (Å²) in [6, 6.07) is 3.10. The summed E-state index contributed by atoms with van der Waals surface area (Å²) in [6.45, 7) is 5.74. The maximum atomic E-state index is 11.5. The molecule has 0 fully saturated rings. The maximum absolute atomic E-state index is 11.5. The van der Waals surface area contributed by atoms with Crippen LogP contribution in [0.1, 0.15) is 25.1 Å². The topological polar surface area (TPSA) is 65.2 Å². The Kier molecular flexibility index (Phi) is 3.65. The van der Waals surface area contributed by atoms with Gasteiger partial charge in [-0.05, 0) is 18.6 Å². The van der Waals surface area contributed by atoms with Gasteiger partial charge in [0.1, 0.15) is 6.04 Å². The van der Waals surface area contributed by atoms with Crippen molar-refractivity contribution in [2.45, 2.75) is 32.2 Å². The van der Waals surface area contributed by atoms with Gasteiger partial charge in [-0.15, -0.1) is 0 Å². The molecule has 0 aliphatic carbocycles. The summed E-state index contributed by atoms with van der Waals surface area (Å²) in [6.07, 6.45) is 1.70. The molecule has 0 spiro atoms. The Hall–Kier alpha value is -1.42. The predicted octanol–water partition coefficient (Wildman–Crippen LogP) is 1.17. The lowest BCUT2D eigenvalue weighted by Gasteiger charge is -2.30. The van der Waals surface area contributed by atoms with Gasteiger partial charge in [-0.1, -0.05) is 19.9 Å². The summed E-state index contributed by atoms with van der Waals surface area (Å²) < 4.78 is 4.67. The molecule has 0 aliphatic rings. The van der Waals surface area contributed by atoms with E-state index in [0.717, 1.165) is 11.3 Å². The van der Waals surface area contributed by atoms with Gasteiger partial charge < -0.3 is 10.5 Å². The van der Waals surface area contributed by atoms with Crippen molar-refractivity contribution < 1.29 is 9.53 Å². The molecule has 2 N–H and O–H groups in total. The minimum Gasteiger partial charge on any atom is -0.468 e. The fourth-order valence-electron chi connectivity index (χ4n) is 1.73. The van der Waals surface area contributed by atoms with Gasteiger partial charge in [0.2, 0.25) is 0 Å². The molecular formula is C12H18N2O2. The number of rotatable bonds is 3. The summed E-state index contributed by atoms with van der Waals surface area (Å²) in [5, 5.41) is 0. The zero-order valence-electron chi connectivity index (χ0n) is 10.2. The van der Waals surface area contributed by atoms with E-state index >= 15 is 0 Å². The van der Waals surface area contributed by atoms with Crippen molar-refractivity contribution in [3.63, 3.8) is 0 Å². The van der Waals surface area contributed by atoms with Crippen LogP contribution < -0.4 is 5.73 Å². The second-order valence-electron chi connectivity index (χ2n) is 4.39. The lowest BCUT2D eigenvalue weighted by atomic mass is 9.79. The number of esters is 1. The van der Waals surface area contributed by atoms with Gasteiger partial charge in [-0.2, -0.15) is 0 Å². The SMILES string of the molecule is COC(=O)C(N)C(C)(C)c1ncccc1C. The van der Waals surface area contributed by atoms with Crippen LogP contribution in [0, 0.1) is 6.92 Å². The number of nitrogens with zero attached hydrogens (tertiary/aromatic N) is 1. The zero-order chi connectivity index (χ0) is 12.3. The number of nitrogens with two attached hydrogens (primary N) is 1. The smallest absolute Gasteiger partial charge is 0.323 e. The molecule has 1 heterocycles. The Balaban J connectivity index is 3.11. The summed E-state index contributed by atoms with van der Waals surface area (Å²) >= 11 is 0. The molecule has 16 heavy (non-hydrogen) atoms. The van der Waals surface area contributed by atoms with Crippen LogP contribution in [-0.2, 0) is 14.9 Å². The van der Waals surface area contributed by atoms with Gasteiger partial charge in [0.15, 0.2) is 0 Å². The molecule has 0 saturated heterocycles. The summed E-state index contributed by atoms with van der Waals surface area (Å²) in [5.74, 6) is -0.421. The highest BCUT2D eigenvalue weighted by Gasteiger charge is 2.36. The second-order valence-corrected chi connectivity index (χ2v) is 4.39. The fourth-order valence-corrected chi connectivity index (χ4v) is 1.73. The van der Waals surface area contributed by atoms with E-state index in [0.29, 0.717) is 0 Å². The van der Waals surface area contributed by atoms with E-state index in [-0.39, 0.29) is 0 Å². The summed E-state index contributed by atoms with van der Waals surface area (Å²) in [7, 11) is 1.34. The highest BCUT2D eigenvalue weighted by Crippen LogP contribution is 2.27. The molecule has 1 unspecified atom stereocenters. The summed E-state index contributed by atoms with van der Waals surface area (Å²) in [4.78, 5) is 15.8. The van der Waals surface area contributed by atoms with Gasteiger partial charge in [0.05, 0.1) is 12.8 Å². The van der Waals surface area contributed by atoms with E-state index in [2.05, 4.69) is 9.72 Å². The quantitative estimate of drug-likeness (QED) is 0.780. The third-order valence-electron chi connectivity index (χ3n) is 2.85. The van der Waals surface area contributed by atoms with E-state index in [1.807, 2.05) is 32.9 Å². The number of ether oxygens (including phenoxy) is 1. The lowest BCUT2D eigenvalue weighted by Crippen LogP contribution is -2.48. The third-order valence-corrected chi connectivity index (χ3v) is 2.85. The van der Waals surface area contributed by atoms with Crippen LogP contribution in [0.15, 0.2) is 18.3 Å². The average molecular weight is 222 g/mol. The number of carbonyl (C=O) groups is 1. The van der Waals surface area contributed by atoms with Crippen molar-refractivity contribution >= 4 is 5.97 Å². The zero-order valence-corrected chi connectivity index (χ0v) is 10.2. The molecule has 0 saturated carbocycles. The number of hydrogen-bond acceptors (Lipinski definition) is 4. The van der Waals surface area contributed by atoms with Gasteiger partial charge in [-0.3, -0.25) is 9.78 Å². The molecule has 88 valence electrons. The van der Waals surface area contributed by atoms with E-state index in [1.54, 1.807) is 6.20 Å². The minimum atomic E-state index is -0.717.